The molecule has 9 heteroatoms. The minimum absolute atomic E-state index is 0.0419. The Labute approximate surface area is 176 Å². The molecule has 0 saturated carbocycles. The normalized spacial score (nSPS) is 24.6. The molecular formula is C21H24F2N3O3P. The number of piperazine rings is 1. The third-order valence-corrected chi connectivity index (χ3v) is 6.78. The Morgan fingerprint density at radius 1 is 1.30 bits per heavy atom. The number of halogens is 2. The van der Waals surface area contributed by atoms with Crippen LogP contribution in [0.4, 0.5) is 8.78 Å². The lowest BCUT2D eigenvalue weighted by atomic mass is 10.1. The van der Waals surface area contributed by atoms with Crippen LogP contribution in [0, 0.1) is 0 Å². The molecule has 160 valence electrons. The van der Waals surface area contributed by atoms with Gasteiger partial charge < -0.3 is 24.6 Å². The number of nitrogens with one attached hydrogen (secondary N) is 1. The van der Waals surface area contributed by atoms with Crippen LogP contribution in [0.15, 0.2) is 48.3 Å². The Morgan fingerprint density at radius 3 is 2.87 bits per heavy atom. The van der Waals surface area contributed by atoms with E-state index in [9.17, 15) is 13.6 Å². The van der Waals surface area contributed by atoms with Crippen molar-refractivity contribution in [3.05, 3.63) is 53.9 Å². The first-order chi connectivity index (χ1) is 14.4. The van der Waals surface area contributed by atoms with E-state index in [2.05, 4.69) is 28.0 Å². The van der Waals surface area contributed by atoms with Crippen molar-refractivity contribution in [1.29, 1.82) is 0 Å². The van der Waals surface area contributed by atoms with E-state index in [1.165, 1.54) is 13.2 Å². The van der Waals surface area contributed by atoms with E-state index in [4.69, 9.17) is 4.74 Å². The molecular weight excluding hydrogens is 411 g/mol. The summed E-state index contributed by atoms with van der Waals surface area (Å²) in [6, 6.07) is 5.24. The summed E-state index contributed by atoms with van der Waals surface area (Å²) in [5.74, 6) is -0.0176. The number of ether oxygens (including phenoxy) is 2. The third-order valence-electron chi connectivity index (χ3n) is 5.27. The van der Waals surface area contributed by atoms with Gasteiger partial charge in [-0.3, -0.25) is 4.79 Å². The number of methoxy groups -OCH3 is 1. The van der Waals surface area contributed by atoms with Gasteiger partial charge in [0.25, 0.3) is 5.91 Å². The highest BCUT2D eigenvalue weighted by atomic mass is 31.1. The van der Waals surface area contributed by atoms with E-state index in [1.54, 1.807) is 23.1 Å². The molecule has 1 amide bonds. The summed E-state index contributed by atoms with van der Waals surface area (Å²) in [5.41, 5.74) is 1.71. The smallest absolute Gasteiger partial charge is 0.387 e. The number of hydrogen-bond donors (Lipinski definition) is 1. The van der Waals surface area contributed by atoms with Gasteiger partial charge in [-0.05, 0) is 36.0 Å². The second-order valence-electron chi connectivity index (χ2n) is 7.35. The Morgan fingerprint density at radius 2 is 2.13 bits per heavy atom. The van der Waals surface area contributed by atoms with E-state index in [-0.39, 0.29) is 31.8 Å². The number of amides is 1. The molecule has 4 rings (SSSR count). The number of carbonyl (C=O) groups is 1. The number of fused-ring (bicyclic) bond motifs is 1. The summed E-state index contributed by atoms with van der Waals surface area (Å²) in [4.78, 5) is 16.9. The molecule has 0 aromatic heterocycles. The fraction of sp³-hybridized carbons (Fsp3) is 0.381. The maximum atomic E-state index is 12.9. The van der Waals surface area contributed by atoms with Crippen molar-refractivity contribution in [2.45, 2.75) is 25.4 Å². The lowest BCUT2D eigenvalue weighted by molar-refractivity contribution is -0.123. The molecule has 1 fully saturated rings. The molecule has 1 saturated heterocycles. The van der Waals surface area contributed by atoms with Crippen LogP contribution in [-0.4, -0.2) is 60.9 Å². The van der Waals surface area contributed by atoms with Gasteiger partial charge in [0.2, 0.25) is 0 Å². The molecule has 3 aliphatic rings. The molecule has 0 bridgehead atoms. The lowest BCUT2D eigenvalue weighted by Crippen LogP contribution is -2.49. The highest BCUT2D eigenvalue weighted by molar-refractivity contribution is 7.51. The van der Waals surface area contributed by atoms with Crippen LogP contribution < -0.4 is 14.8 Å². The van der Waals surface area contributed by atoms with Gasteiger partial charge in [-0.25, -0.2) is 0 Å². The second kappa shape index (κ2) is 8.74. The number of rotatable bonds is 5. The highest BCUT2D eigenvalue weighted by Crippen LogP contribution is 2.46. The van der Waals surface area contributed by atoms with E-state index >= 15 is 0 Å². The standard InChI is InChI=1S/C21H24F2N3O3P/c1-13-11-25(8-7-24-13)15-4-6-20-26(12-15)19(27)10-18(30-20)14-3-5-16(28-2)17(9-14)29-21(22)23/h3-6,9-10,12-13,20-21,24,30H,7-8,11H2,1-2H3/t13-,20?/m0/s1. The van der Waals surface area contributed by atoms with Gasteiger partial charge in [0.1, 0.15) is 0 Å². The lowest BCUT2D eigenvalue weighted by Gasteiger charge is -2.39. The molecule has 2 unspecified atom stereocenters. The Balaban J connectivity index is 1.56. The van der Waals surface area contributed by atoms with E-state index in [1.807, 2.05) is 12.3 Å². The average molecular weight is 435 g/mol. The zero-order valence-electron chi connectivity index (χ0n) is 16.8. The molecule has 0 aliphatic carbocycles. The van der Waals surface area contributed by atoms with Crippen LogP contribution in [0.5, 0.6) is 11.5 Å². The summed E-state index contributed by atoms with van der Waals surface area (Å²) in [6.07, 6.45) is 7.62. The van der Waals surface area contributed by atoms with Crippen molar-refractivity contribution in [2.75, 3.05) is 26.7 Å². The number of hydrogen-bond acceptors (Lipinski definition) is 5. The molecule has 1 aromatic rings. The molecule has 30 heavy (non-hydrogen) atoms. The second-order valence-corrected chi connectivity index (χ2v) is 8.77. The molecule has 0 spiro atoms. The summed E-state index contributed by atoms with van der Waals surface area (Å²) in [5, 5.41) is 4.22. The Kier molecular flexibility index (Phi) is 6.06. The fourth-order valence-electron chi connectivity index (χ4n) is 3.82. The largest absolute Gasteiger partial charge is 0.493 e. The fourth-order valence-corrected chi connectivity index (χ4v) is 5.20. The van der Waals surface area contributed by atoms with Gasteiger partial charge >= 0.3 is 6.61 Å². The summed E-state index contributed by atoms with van der Waals surface area (Å²) >= 11 is 0. The molecule has 1 aromatic carbocycles. The SMILES string of the molecule is COc1ccc(C2=CC(=O)N3C=C(N4CCN[C@@H](C)C4)C=CC3P2)cc1OC(F)F. The number of benzene rings is 1. The Bertz CT molecular complexity index is 919. The summed E-state index contributed by atoms with van der Waals surface area (Å²) in [7, 11) is 1.68. The van der Waals surface area contributed by atoms with Gasteiger partial charge in [-0.15, -0.1) is 0 Å². The van der Waals surface area contributed by atoms with Crippen LogP contribution in [0.2, 0.25) is 0 Å². The maximum absolute atomic E-state index is 12.9. The summed E-state index contributed by atoms with van der Waals surface area (Å²) in [6.45, 7) is 1.90. The van der Waals surface area contributed by atoms with E-state index < -0.39 is 6.61 Å². The van der Waals surface area contributed by atoms with Gasteiger partial charge in [-0.2, -0.15) is 8.78 Å². The highest BCUT2D eigenvalue weighted by Gasteiger charge is 2.30. The average Bonchev–Trinajstić information content (AvgIpc) is 2.73. The number of allylic oxidation sites excluding steroid dienone is 1. The molecule has 1 N–H and O–H groups in total. The Hall–Kier alpha value is -2.44. The van der Waals surface area contributed by atoms with Gasteiger partial charge in [0.05, 0.1) is 18.6 Å². The number of nitrogens with zero attached hydrogens (tertiary/aromatic N) is 2. The number of alkyl halides is 2. The van der Waals surface area contributed by atoms with Crippen LogP contribution in [0.3, 0.4) is 0 Å². The van der Waals surface area contributed by atoms with Crippen LogP contribution >= 0.6 is 8.58 Å². The van der Waals surface area contributed by atoms with E-state index in [0.29, 0.717) is 11.6 Å². The van der Waals surface area contributed by atoms with Crippen molar-refractivity contribution in [2.24, 2.45) is 0 Å². The maximum Gasteiger partial charge on any atom is 0.387 e. The monoisotopic (exact) mass is 435 g/mol. The van der Waals surface area contributed by atoms with Crippen LogP contribution in [-0.2, 0) is 4.79 Å². The molecule has 0 radical (unpaired) electrons. The first kappa shape index (κ1) is 20.8. The zero-order chi connectivity index (χ0) is 21.3. The zero-order valence-corrected chi connectivity index (χ0v) is 17.8. The minimum atomic E-state index is -2.95. The first-order valence-electron chi connectivity index (χ1n) is 9.76. The molecule has 3 aliphatic heterocycles. The number of carbonyl (C=O) groups excluding carboxylic acids is 1. The topological polar surface area (TPSA) is 54.0 Å². The predicted octanol–water partition coefficient (Wildman–Crippen LogP) is 3.19. The molecule has 3 atom stereocenters. The van der Waals surface area contributed by atoms with Crippen molar-refractivity contribution < 1.29 is 23.0 Å². The first-order valence-corrected chi connectivity index (χ1v) is 10.8. The third kappa shape index (κ3) is 4.35. The minimum Gasteiger partial charge on any atom is -0.493 e. The molecule has 6 nitrogen and oxygen atoms in total. The van der Waals surface area contributed by atoms with Crippen molar-refractivity contribution in [3.63, 3.8) is 0 Å². The van der Waals surface area contributed by atoms with Gasteiger partial charge in [0.15, 0.2) is 11.5 Å². The summed E-state index contributed by atoms with van der Waals surface area (Å²) < 4.78 is 35.1. The van der Waals surface area contributed by atoms with Gasteiger partial charge in [-0.1, -0.05) is 20.7 Å². The predicted molar refractivity (Wildman–Crippen MR) is 113 cm³/mol. The van der Waals surface area contributed by atoms with Crippen molar-refractivity contribution in [1.82, 2.24) is 15.1 Å². The van der Waals surface area contributed by atoms with Crippen LogP contribution in [0.25, 0.3) is 5.31 Å². The quantitative estimate of drug-likeness (QED) is 0.721. The van der Waals surface area contributed by atoms with Crippen LogP contribution in [0.1, 0.15) is 12.5 Å². The van der Waals surface area contributed by atoms with Gasteiger partial charge in [0, 0.05) is 38.0 Å². The van der Waals surface area contributed by atoms with Crippen molar-refractivity contribution >= 4 is 19.8 Å². The molecule has 3 heterocycles. The van der Waals surface area contributed by atoms with Crippen molar-refractivity contribution in [3.8, 4) is 11.5 Å². The van der Waals surface area contributed by atoms with E-state index in [0.717, 1.165) is 30.6 Å².